The minimum atomic E-state index is 0.433. The minimum absolute atomic E-state index is 0.433. The number of hydrogen-bond acceptors (Lipinski definition) is 4. The highest BCUT2D eigenvalue weighted by Crippen LogP contribution is 1.95. The molecule has 2 aromatic heterocycles. The fourth-order valence-corrected chi connectivity index (χ4v) is 1.11. The van der Waals surface area contributed by atoms with E-state index < -0.39 is 0 Å². The Labute approximate surface area is 99.8 Å². The third kappa shape index (κ3) is 5.36. The van der Waals surface area contributed by atoms with Crippen LogP contribution < -0.4 is 0 Å². The van der Waals surface area contributed by atoms with Crippen LogP contribution in [0.15, 0.2) is 37.2 Å². The van der Waals surface area contributed by atoms with Crippen molar-refractivity contribution in [3.8, 4) is 0 Å². The summed E-state index contributed by atoms with van der Waals surface area (Å²) < 4.78 is 0. The van der Waals surface area contributed by atoms with Gasteiger partial charge in [-0.15, -0.1) is 0 Å². The van der Waals surface area contributed by atoms with Crippen molar-refractivity contribution in [3.63, 3.8) is 0 Å². The molecule has 0 spiro atoms. The van der Waals surface area contributed by atoms with Crippen molar-refractivity contribution in [1.82, 2.24) is 19.9 Å². The Morgan fingerprint density at radius 2 is 1.69 bits per heavy atom. The normalized spacial score (nSPS) is 9.12. The minimum Gasteiger partial charge on any atom is -0.261 e. The molecule has 2 heterocycles. The van der Waals surface area contributed by atoms with E-state index in [-0.39, 0.29) is 0 Å². The lowest BCUT2D eigenvalue weighted by Gasteiger charge is -1.91. The number of aryl methyl sites for hydroxylation is 1. The maximum Gasteiger partial charge on any atom is 0.147 e. The zero-order chi connectivity index (χ0) is 11.6. The van der Waals surface area contributed by atoms with E-state index in [1.807, 2.05) is 6.20 Å². The molecule has 2 aromatic rings. The molecule has 84 valence electrons. The van der Waals surface area contributed by atoms with Gasteiger partial charge in [0.1, 0.15) is 5.15 Å². The summed E-state index contributed by atoms with van der Waals surface area (Å²) in [6.45, 7) is 2.13. The second-order valence-corrected chi connectivity index (χ2v) is 3.36. The first-order valence-corrected chi connectivity index (χ1v) is 5.37. The molecule has 0 saturated heterocycles. The zero-order valence-electron chi connectivity index (χ0n) is 9.05. The van der Waals surface area contributed by atoms with Gasteiger partial charge in [0.2, 0.25) is 0 Å². The Morgan fingerprint density at radius 1 is 1.00 bits per heavy atom. The standard InChI is InChI=1S/C7H10N2.C4H3ClN2/c1-2-3-7-6-8-4-5-9-7;5-4-3-6-1-2-7-4/h4-6H,2-3H2,1H3;1-3H. The summed E-state index contributed by atoms with van der Waals surface area (Å²) in [5, 5.41) is 0.433. The van der Waals surface area contributed by atoms with E-state index in [1.54, 1.807) is 24.8 Å². The van der Waals surface area contributed by atoms with Gasteiger partial charge >= 0.3 is 0 Å². The molecule has 0 saturated carbocycles. The molecule has 0 aliphatic carbocycles. The van der Waals surface area contributed by atoms with Crippen LogP contribution in [-0.4, -0.2) is 19.9 Å². The third-order valence-electron chi connectivity index (χ3n) is 1.65. The molecular formula is C11H13ClN4. The van der Waals surface area contributed by atoms with Crippen LogP contribution in [-0.2, 0) is 6.42 Å². The molecule has 2 rings (SSSR count). The molecule has 0 N–H and O–H groups in total. The molecule has 0 bridgehead atoms. The first kappa shape index (κ1) is 12.5. The van der Waals surface area contributed by atoms with Crippen molar-refractivity contribution >= 4 is 11.6 Å². The van der Waals surface area contributed by atoms with E-state index in [0.29, 0.717) is 5.15 Å². The molecule has 0 aromatic carbocycles. The van der Waals surface area contributed by atoms with Gasteiger partial charge < -0.3 is 0 Å². The SMILES string of the molecule is CCCc1cnccn1.Clc1cnccn1. The summed E-state index contributed by atoms with van der Waals surface area (Å²) in [5.41, 5.74) is 1.08. The van der Waals surface area contributed by atoms with Crippen LogP contribution in [0.4, 0.5) is 0 Å². The summed E-state index contributed by atoms with van der Waals surface area (Å²) in [4.78, 5) is 15.4. The van der Waals surface area contributed by atoms with Gasteiger partial charge in [0.15, 0.2) is 0 Å². The lowest BCUT2D eigenvalue weighted by molar-refractivity contribution is 0.870. The Kier molecular flexibility index (Phi) is 6.03. The second kappa shape index (κ2) is 7.70. The van der Waals surface area contributed by atoms with Gasteiger partial charge in [-0.1, -0.05) is 24.9 Å². The predicted molar refractivity (Wildman–Crippen MR) is 63.1 cm³/mol. The maximum atomic E-state index is 5.37. The molecular weight excluding hydrogens is 224 g/mol. The molecule has 0 radical (unpaired) electrons. The molecule has 0 fully saturated rings. The Balaban J connectivity index is 0.000000165. The predicted octanol–water partition coefficient (Wildman–Crippen LogP) is 2.56. The van der Waals surface area contributed by atoms with Gasteiger partial charge in [0.25, 0.3) is 0 Å². The van der Waals surface area contributed by atoms with Crippen molar-refractivity contribution in [3.05, 3.63) is 48.0 Å². The van der Waals surface area contributed by atoms with E-state index in [4.69, 9.17) is 11.6 Å². The van der Waals surface area contributed by atoms with Crippen LogP contribution in [0.2, 0.25) is 5.15 Å². The van der Waals surface area contributed by atoms with E-state index in [0.717, 1.165) is 18.5 Å². The lowest BCUT2D eigenvalue weighted by atomic mass is 10.3. The number of halogens is 1. The van der Waals surface area contributed by atoms with Crippen molar-refractivity contribution in [1.29, 1.82) is 0 Å². The van der Waals surface area contributed by atoms with E-state index >= 15 is 0 Å². The molecule has 4 nitrogen and oxygen atoms in total. The van der Waals surface area contributed by atoms with Crippen molar-refractivity contribution in [2.45, 2.75) is 19.8 Å². The summed E-state index contributed by atoms with van der Waals surface area (Å²) in [7, 11) is 0. The summed E-state index contributed by atoms with van der Waals surface area (Å²) >= 11 is 5.37. The average molecular weight is 237 g/mol. The summed E-state index contributed by atoms with van der Waals surface area (Å²) in [5.74, 6) is 0. The monoisotopic (exact) mass is 236 g/mol. The number of hydrogen-bond donors (Lipinski definition) is 0. The van der Waals surface area contributed by atoms with E-state index in [2.05, 4.69) is 26.9 Å². The van der Waals surface area contributed by atoms with Crippen LogP contribution in [0, 0.1) is 0 Å². The summed E-state index contributed by atoms with van der Waals surface area (Å²) in [6.07, 6.45) is 12.0. The number of nitrogens with zero attached hydrogens (tertiary/aromatic N) is 4. The van der Waals surface area contributed by atoms with Gasteiger partial charge in [0.05, 0.1) is 11.9 Å². The molecule has 0 aliphatic rings. The van der Waals surface area contributed by atoms with Gasteiger partial charge in [-0.3, -0.25) is 15.0 Å². The molecule has 0 unspecified atom stereocenters. The van der Waals surface area contributed by atoms with Crippen LogP contribution >= 0.6 is 11.6 Å². The molecule has 0 atom stereocenters. The molecule has 0 aliphatic heterocycles. The van der Waals surface area contributed by atoms with E-state index in [9.17, 15) is 0 Å². The van der Waals surface area contributed by atoms with Gasteiger partial charge in [-0.05, 0) is 6.42 Å². The van der Waals surface area contributed by atoms with Crippen LogP contribution in [0.5, 0.6) is 0 Å². The number of rotatable bonds is 2. The fraction of sp³-hybridized carbons (Fsp3) is 0.273. The van der Waals surface area contributed by atoms with Crippen LogP contribution in [0.25, 0.3) is 0 Å². The van der Waals surface area contributed by atoms with Gasteiger partial charge in [-0.2, -0.15) is 0 Å². The Hall–Kier alpha value is -1.55. The molecule has 16 heavy (non-hydrogen) atoms. The third-order valence-corrected chi connectivity index (χ3v) is 1.85. The van der Waals surface area contributed by atoms with Crippen molar-refractivity contribution in [2.75, 3.05) is 0 Å². The van der Waals surface area contributed by atoms with Crippen molar-refractivity contribution in [2.24, 2.45) is 0 Å². The fourth-order valence-electron chi connectivity index (χ4n) is 0.996. The zero-order valence-corrected chi connectivity index (χ0v) is 9.80. The highest BCUT2D eigenvalue weighted by atomic mass is 35.5. The van der Waals surface area contributed by atoms with Gasteiger partial charge in [-0.25, -0.2) is 4.98 Å². The highest BCUT2D eigenvalue weighted by molar-refractivity contribution is 6.29. The number of aromatic nitrogens is 4. The summed E-state index contributed by atoms with van der Waals surface area (Å²) in [6, 6.07) is 0. The molecule has 5 heteroatoms. The first-order valence-electron chi connectivity index (χ1n) is 4.99. The lowest BCUT2D eigenvalue weighted by Crippen LogP contribution is -1.87. The van der Waals surface area contributed by atoms with Gasteiger partial charge in [0, 0.05) is 31.0 Å². The van der Waals surface area contributed by atoms with Crippen LogP contribution in [0.1, 0.15) is 19.0 Å². The molecule has 0 amide bonds. The van der Waals surface area contributed by atoms with Crippen LogP contribution in [0.3, 0.4) is 0 Å². The van der Waals surface area contributed by atoms with E-state index in [1.165, 1.54) is 6.20 Å². The average Bonchev–Trinajstić information content (AvgIpc) is 2.33. The second-order valence-electron chi connectivity index (χ2n) is 2.97. The Morgan fingerprint density at radius 3 is 2.06 bits per heavy atom. The smallest absolute Gasteiger partial charge is 0.147 e. The first-order chi connectivity index (χ1) is 7.83. The Bertz CT molecular complexity index is 380. The highest BCUT2D eigenvalue weighted by Gasteiger charge is 1.87. The topological polar surface area (TPSA) is 51.6 Å². The quantitative estimate of drug-likeness (QED) is 0.804. The van der Waals surface area contributed by atoms with Crippen molar-refractivity contribution < 1.29 is 0 Å². The largest absolute Gasteiger partial charge is 0.261 e. The maximum absolute atomic E-state index is 5.37.